The molecular formula is C10H15N3O2. The molecule has 5 heteroatoms. The van der Waals surface area contributed by atoms with E-state index in [-0.39, 0.29) is 18.6 Å². The van der Waals surface area contributed by atoms with Crippen molar-refractivity contribution in [3.63, 3.8) is 0 Å². The van der Waals surface area contributed by atoms with Crippen molar-refractivity contribution < 1.29 is 9.53 Å². The molecule has 0 fully saturated rings. The highest BCUT2D eigenvalue weighted by Gasteiger charge is 2.22. The van der Waals surface area contributed by atoms with Crippen molar-refractivity contribution in [1.29, 1.82) is 0 Å². The molecule has 1 aromatic heterocycles. The van der Waals surface area contributed by atoms with Crippen LogP contribution in [0.4, 0.5) is 0 Å². The largest absolute Gasteiger partial charge is 0.468 e. The van der Waals surface area contributed by atoms with Crippen molar-refractivity contribution in [3.8, 4) is 0 Å². The Bertz CT molecular complexity index is 373. The summed E-state index contributed by atoms with van der Waals surface area (Å²) in [4.78, 5) is 11.1. The number of fused-ring (bicyclic) bond motifs is 1. The van der Waals surface area contributed by atoms with E-state index in [4.69, 9.17) is 5.73 Å². The lowest BCUT2D eigenvalue weighted by atomic mass is 9.94. The monoisotopic (exact) mass is 209 g/mol. The van der Waals surface area contributed by atoms with Crippen LogP contribution in [0.25, 0.3) is 0 Å². The standard InChI is InChI=1S/C10H15N3O2/c1-15-10(14)6-13-9-4-2-3-8(11)7(9)5-12-13/h5,8H,2-4,6,11H2,1H3/t8-/m0/s1. The van der Waals surface area contributed by atoms with Gasteiger partial charge in [-0.1, -0.05) is 0 Å². The van der Waals surface area contributed by atoms with Crippen LogP contribution in [0.15, 0.2) is 6.20 Å². The molecular weight excluding hydrogens is 194 g/mol. The second kappa shape index (κ2) is 4.02. The van der Waals surface area contributed by atoms with Gasteiger partial charge in [-0.25, -0.2) is 0 Å². The van der Waals surface area contributed by atoms with Gasteiger partial charge in [-0.05, 0) is 19.3 Å². The normalized spacial score (nSPS) is 19.7. The van der Waals surface area contributed by atoms with Gasteiger partial charge >= 0.3 is 5.97 Å². The number of nitrogens with zero attached hydrogens (tertiary/aromatic N) is 2. The highest BCUT2D eigenvalue weighted by molar-refractivity contribution is 5.69. The summed E-state index contributed by atoms with van der Waals surface area (Å²) in [5, 5.41) is 4.17. The predicted octanol–water partition coefficient (Wildman–Crippen LogP) is 0.392. The van der Waals surface area contributed by atoms with Crippen LogP contribution in [0, 0.1) is 0 Å². The van der Waals surface area contributed by atoms with E-state index in [0.717, 1.165) is 30.5 Å². The summed E-state index contributed by atoms with van der Waals surface area (Å²) in [5.74, 6) is -0.278. The number of methoxy groups -OCH3 is 1. The molecule has 0 unspecified atom stereocenters. The fourth-order valence-corrected chi connectivity index (χ4v) is 1.98. The van der Waals surface area contributed by atoms with Crippen LogP contribution in [0.3, 0.4) is 0 Å². The van der Waals surface area contributed by atoms with Crippen LogP contribution < -0.4 is 5.73 Å². The zero-order valence-corrected chi connectivity index (χ0v) is 8.77. The highest BCUT2D eigenvalue weighted by Crippen LogP contribution is 2.27. The Hall–Kier alpha value is -1.36. The minimum atomic E-state index is -0.278. The number of hydrogen-bond donors (Lipinski definition) is 1. The lowest BCUT2D eigenvalue weighted by Crippen LogP contribution is -2.20. The van der Waals surface area contributed by atoms with Gasteiger partial charge in [0.2, 0.25) is 0 Å². The average Bonchev–Trinajstić information content (AvgIpc) is 2.63. The summed E-state index contributed by atoms with van der Waals surface area (Å²) in [6.07, 6.45) is 4.76. The van der Waals surface area contributed by atoms with Crippen molar-refractivity contribution in [2.45, 2.75) is 31.8 Å². The van der Waals surface area contributed by atoms with E-state index in [1.807, 2.05) is 0 Å². The molecule has 1 aliphatic carbocycles. The summed E-state index contributed by atoms with van der Waals surface area (Å²) in [6.45, 7) is 0.179. The van der Waals surface area contributed by atoms with Crippen LogP contribution in [0.1, 0.15) is 30.1 Å². The first-order chi connectivity index (χ1) is 7.22. The quantitative estimate of drug-likeness (QED) is 0.715. The summed E-state index contributed by atoms with van der Waals surface area (Å²) in [7, 11) is 1.38. The Morgan fingerprint density at radius 2 is 2.60 bits per heavy atom. The second-order valence-corrected chi connectivity index (χ2v) is 3.78. The fraction of sp³-hybridized carbons (Fsp3) is 0.600. The Labute approximate surface area is 88.2 Å². The van der Waals surface area contributed by atoms with E-state index in [0.29, 0.717) is 0 Å². The average molecular weight is 209 g/mol. The minimum Gasteiger partial charge on any atom is -0.468 e. The van der Waals surface area contributed by atoms with Gasteiger partial charge in [-0.2, -0.15) is 5.10 Å². The lowest BCUT2D eigenvalue weighted by molar-refractivity contribution is -0.141. The molecule has 1 atom stereocenters. The molecule has 5 nitrogen and oxygen atoms in total. The van der Waals surface area contributed by atoms with Gasteiger partial charge in [0.25, 0.3) is 0 Å². The molecule has 2 rings (SSSR count). The lowest BCUT2D eigenvalue weighted by Gasteiger charge is -2.19. The van der Waals surface area contributed by atoms with E-state index in [1.165, 1.54) is 7.11 Å². The van der Waals surface area contributed by atoms with Gasteiger partial charge in [0.1, 0.15) is 6.54 Å². The topological polar surface area (TPSA) is 70.1 Å². The Kier molecular flexibility index (Phi) is 2.73. The molecule has 2 N–H and O–H groups in total. The van der Waals surface area contributed by atoms with Gasteiger partial charge in [0.15, 0.2) is 0 Å². The van der Waals surface area contributed by atoms with Crippen LogP contribution in [-0.4, -0.2) is 22.9 Å². The zero-order chi connectivity index (χ0) is 10.8. The zero-order valence-electron chi connectivity index (χ0n) is 8.77. The van der Waals surface area contributed by atoms with Gasteiger partial charge in [-0.3, -0.25) is 9.48 Å². The molecule has 82 valence electrons. The molecule has 15 heavy (non-hydrogen) atoms. The number of rotatable bonds is 2. The van der Waals surface area contributed by atoms with E-state index >= 15 is 0 Å². The maximum Gasteiger partial charge on any atom is 0.327 e. The third kappa shape index (κ3) is 1.87. The van der Waals surface area contributed by atoms with Crippen LogP contribution in [0.5, 0.6) is 0 Å². The van der Waals surface area contributed by atoms with Crippen molar-refractivity contribution in [2.24, 2.45) is 5.73 Å². The number of carbonyl (C=O) groups is 1. The SMILES string of the molecule is COC(=O)Cn1ncc2c1CCC[C@@H]2N. The summed E-state index contributed by atoms with van der Waals surface area (Å²) < 4.78 is 6.30. The molecule has 0 aromatic carbocycles. The van der Waals surface area contributed by atoms with Crippen LogP contribution >= 0.6 is 0 Å². The molecule has 1 heterocycles. The van der Waals surface area contributed by atoms with Gasteiger partial charge in [0, 0.05) is 17.3 Å². The van der Waals surface area contributed by atoms with Crippen molar-refractivity contribution in [3.05, 3.63) is 17.5 Å². The van der Waals surface area contributed by atoms with E-state index < -0.39 is 0 Å². The smallest absolute Gasteiger partial charge is 0.327 e. The summed E-state index contributed by atoms with van der Waals surface area (Å²) in [6, 6.07) is 0.0696. The number of nitrogens with two attached hydrogens (primary N) is 1. The third-order valence-electron chi connectivity index (χ3n) is 2.82. The first-order valence-corrected chi connectivity index (χ1v) is 5.09. The number of esters is 1. The van der Waals surface area contributed by atoms with E-state index in [2.05, 4.69) is 9.84 Å². The molecule has 0 spiro atoms. The maximum absolute atomic E-state index is 11.1. The van der Waals surface area contributed by atoms with Gasteiger partial charge < -0.3 is 10.5 Å². The van der Waals surface area contributed by atoms with E-state index in [9.17, 15) is 4.79 Å². The predicted molar refractivity (Wildman–Crippen MR) is 54.1 cm³/mol. The molecule has 0 amide bonds. The first kappa shape index (κ1) is 10.2. The van der Waals surface area contributed by atoms with Crippen molar-refractivity contribution in [2.75, 3.05) is 7.11 Å². The summed E-state index contributed by atoms with van der Waals surface area (Å²) in [5.41, 5.74) is 8.11. The Balaban J connectivity index is 2.23. The van der Waals surface area contributed by atoms with Crippen LogP contribution in [-0.2, 0) is 22.5 Å². The Morgan fingerprint density at radius 3 is 3.33 bits per heavy atom. The maximum atomic E-state index is 11.1. The number of aromatic nitrogens is 2. The first-order valence-electron chi connectivity index (χ1n) is 5.09. The molecule has 0 radical (unpaired) electrons. The minimum absolute atomic E-state index is 0.0696. The third-order valence-corrected chi connectivity index (χ3v) is 2.82. The fourth-order valence-electron chi connectivity index (χ4n) is 1.98. The molecule has 1 aromatic rings. The number of carbonyl (C=O) groups excluding carboxylic acids is 1. The van der Waals surface area contributed by atoms with Gasteiger partial charge in [0.05, 0.1) is 13.3 Å². The molecule has 0 aliphatic heterocycles. The van der Waals surface area contributed by atoms with E-state index in [1.54, 1.807) is 10.9 Å². The van der Waals surface area contributed by atoms with Crippen molar-refractivity contribution in [1.82, 2.24) is 9.78 Å². The molecule has 0 bridgehead atoms. The van der Waals surface area contributed by atoms with Crippen LogP contribution in [0.2, 0.25) is 0 Å². The molecule has 1 aliphatic rings. The van der Waals surface area contributed by atoms with Gasteiger partial charge in [-0.15, -0.1) is 0 Å². The number of hydrogen-bond acceptors (Lipinski definition) is 4. The van der Waals surface area contributed by atoms with Crippen molar-refractivity contribution >= 4 is 5.97 Å². The number of ether oxygens (including phenoxy) is 1. The summed E-state index contributed by atoms with van der Waals surface area (Å²) >= 11 is 0. The molecule has 0 saturated carbocycles. The molecule has 0 saturated heterocycles. The highest BCUT2D eigenvalue weighted by atomic mass is 16.5. The second-order valence-electron chi connectivity index (χ2n) is 3.78. The Morgan fingerprint density at radius 1 is 1.80 bits per heavy atom.